The van der Waals surface area contributed by atoms with Crippen molar-refractivity contribution in [3.63, 3.8) is 0 Å². The zero-order valence-electron chi connectivity index (χ0n) is 16.3. The number of carbonyl (C=O) groups is 1. The number of benzene rings is 2. The summed E-state index contributed by atoms with van der Waals surface area (Å²) in [7, 11) is 1.50. The first-order valence-corrected chi connectivity index (χ1v) is 9.89. The summed E-state index contributed by atoms with van der Waals surface area (Å²) in [6.45, 7) is 1.86. The van der Waals surface area contributed by atoms with Gasteiger partial charge in [0.25, 0.3) is 0 Å². The Morgan fingerprint density at radius 1 is 1.10 bits per heavy atom. The molecule has 0 bridgehead atoms. The number of methoxy groups -OCH3 is 1. The molecule has 1 heterocycles. The van der Waals surface area contributed by atoms with Crippen LogP contribution < -0.4 is 9.47 Å². The minimum Gasteiger partial charge on any atom is -0.493 e. The van der Waals surface area contributed by atoms with E-state index in [1.54, 1.807) is 12.1 Å². The van der Waals surface area contributed by atoms with E-state index in [-0.39, 0.29) is 11.3 Å². The van der Waals surface area contributed by atoms with Crippen LogP contribution in [0.25, 0.3) is 6.08 Å². The van der Waals surface area contributed by atoms with Crippen molar-refractivity contribution in [2.45, 2.75) is 19.3 Å². The summed E-state index contributed by atoms with van der Waals surface area (Å²) in [5.74, 6) is -0.0974. The van der Waals surface area contributed by atoms with Gasteiger partial charge in [-0.2, -0.15) is 5.26 Å². The quantitative estimate of drug-likeness (QED) is 0.242. The van der Waals surface area contributed by atoms with Crippen molar-refractivity contribution < 1.29 is 14.3 Å². The first-order chi connectivity index (χ1) is 14.1. The van der Waals surface area contributed by atoms with E-state index in [0.717, 1.165) is 42.0 Å². The van der Waals surface area contributed by atoms with Crippen LogP contribution in [-0.2, 0) is 4.79 Å². The fourth-order valence-corrected chi connectivity index (χ4v) is 3.49. The molecule has 1 saturated heterocycles. The Morgan fingerprint density at radius 2 is 1.83 bits per heavy atom. The monoisotopic (exact) mass is 406 g/mol. The maximum absolute atomic E-state index is 12.6. The van der Waals surface area contributed by atoms with E-state index in [9.17, 15) is 10.1 Å². The highest BCUT2D eigenvalue weighted by Gasteiger charge is 2.19. The van der Waals surface area contributed by atoms with Crippen LogP contribution in [0.2, 0.25) is 0 Å². The van der Waals surface area contributed by atoms with Gasteiger partial charge in [0.05, 0.1) is 7.11 Å². The molecular weight excluding hydrogens is 384 g/mol. The fraction of sp³-hybridized carbons (Fsp3) is 0.261. The number of piperidine rings is 1. The van der Waals surface area contributed by atoms with Gasteiger partial charge in [0, 0.05) is 18.7 Å². The summed E-state index contributed by atoms with van der Waals surface area (Å²) in [6, 6.07) is 16.3. The van der Waals surface area contributed by atoms with Gasteiger partial charge in [-0.25, -0.2) is 4.79 Å². The molecule has 2 aromatic carbocycles. The smallest absolute Gasteiger partial charge is 0.354 e. The molecular formula is C23H22N2O3S. The minimum absolute atomic E-state index is 0.0951. The number of esters is 1. The second-order valence-corrected chi connectivity index (χ2v) is 7.08. The van der Waals surface area contributed by atoms with E-state index >= 15 is 0 Å². The summed E-state index contributed by atoms with van der Waals surface area (Å²) < 4.78 is 10.8. The third-order valence-electron chi connectivity index (χ3n) is 4.71. The predicted octanol–water partition coefficient (Wildman–Crippen LogP) is 4.37. The molecule has 0 spiro atoms. The summed E-state index contributed by atoms with van der Waals surface area (Å²) in [4.78, 5) is 15.5. The molecule has 0 aromatic heterocycles. The van der Waals surface area contributed by atoms with Crippen molar-refractivity contribution in [3.8, 4) is 17.6 Å². The molecule has 29 heavy (non-hydrogen) atoms. The van der Waals surface area contributed by atoms with E-state index in [2.05, 4.69) is 4.90 Å². The Kier molecular flexibility index (Phi) is 6.99. The Labute approximate surface area is 176 Å². The lowest BCUT2D eigenvalue weighted by Crippen LogP contribution is -2.34. The second-order valence-electron chi connectivity index (χ2n) is 6.69. The number of hydrogen-bond acceptors (Lipinski definition) is 5. The van der Waals surface area contributed by atoms with Crippen LogP contribution in [0.4, 0.5) is 0 Å². The summed E-state index contributed by atoms with van der Waals surface area (Å²) in [5.41, 5.74) is 1.44. The molecule has 6 heteroatoms. The molecule has 0 amide bonds. The van der Waals surface area contributed by atoms with Gasteiger partial charge in [0.2, 0.25) is 0 Å². The topological polar surface area (TPSA) is 62.6 Å². The maximum atomic E-state index is 12.6. The minimum atomic E-state index is -0.740. The Hall–Kier alpha value is -3.17. The highest BCUT2D eigenvalue weighted by molar-refractivity contribution is 7.80. The SMILES string of the molecule is COc1ccc(C(=S)N2CCCCC2)cc1OC(=O)/C(C#N)=C/c1ccccc1. The largest absolute Gasteiger partial charge is 0.493 e. The fourth-order valence-electron chi connectivity index (χ4n) is 3.18. The molecule has 0 atom stereocenters. The Balaban J connectivity index is 1.83. The molecule has 0 saturated carbocycles. The van der Waals surface area contributed by atoms with Crippen LogP contribution in [0.1, 0.15) is 30.4 Å². The molecule has 5 nitrogen and oxygen atoms in total. The van der Waals surface area contributed by atoms with E-state index < -0.39 is 5.97 Å². The third kappa shape index (κ3) is 5.21. The number of nitriles is 1. The van der Waals surface area contributed by atoms with Crippen LogP contribution in [0, 0.1) is 11.3 Å². The van der Waals surface area contributed by atoms with Gasteiger partial charge in [0.15, 0.2) is 11.5 Å². The van der Waals surface area contributed by atoms with E-state index in [0.29, 0.717) is 5.75 Å². The Bertz CT molecular complexity index is 958. The first-order valence-electron chi connectivity index (χ1n) is 9.48. The average Bonchev–Trinajstić information content (AvgIpc) is 2.78. The number of thiocarbonyl (C=S) groups is 1. The van der Waals surface area contributed by atoms with E-state index in [1.807, 2.05) is 42.5 Å². The van der Waals surface area contributed by atoms with Gasteiger partial charge in [-0.1, -0.05) is 42.5 Å². The number of ether oxygens (including phenoxy) is 2. The highest BCUT2D eigenvalue weighted by atomic mass is 32.1. The van der Waals surface area contributed by atoms with Gasteiger partial charge in [-0.05, 0) is 49.1 Å². The zero-order chi connectivity index (χ0) is 20.6. The van der Waals surface area contributed by atoms with Crippen molar-refractivity contribution in [2.75, 3.05) is 20.2 Å². The molecule has 0 N–H and O–H groups in total. The Morgan fingerprint density at radius 3 is 2.48 bits per heavy atom. The van der Waals surface area contributed by atoms with Crippen molar-refractivity contribution in [2.24, 2.45) is 0 Å². The summed E-state index contributed by atoms with van der Waals surface area (Å²) in [6.07, 6.45) is 4.95. The van der Waals surface area contributed by atoms with E-state index in [4.69, 9.17) is 21.7 Å². The maximum Gasteiger partial charge on any atom is 0.354 e. The number of likely N-dealkylation sites (tertiary alicyclic amines) is 1. The van der Waals surface area contributed by atoms with Gasteiger partial charge in [-0.15, -0.1) is 0 Å². The van der Waals surface area contributed by atoms with Crippen molar-refractivity contribution in [1.29, 1.82) is 5.26 Å². The average molecular weight is 407 g/mol. The molecule has 1 aliphatic rings. The van der Waals surface area contributed by atoms with Crippen LogP contribution >= 0.6 is 12.2 Å². The molecule has 0 unspecified atom stereocenters. The van der Waals surface area contributed by atoms with Gasteiger partial charge >= 0.3 is 5.97 Å². The lowest BCUT2D eigenvalue weighted by Gasteiger charge is -2.29. The molecule has 0 radical (unpaired) electrons. The van der Waals surface area contributed by atoms with Gasteiger partial charge in [-0.3, -0.25) is 0 Å². The molecule has 1 fully saturated rings. The predicted molar refractivity (Wildman–Crippen MR) is 116 cm³/mol. The summed E-state index contributed by atoms with van der Waals surface area (Å²) in [5, 5.41) is 9.40. The zero-order valence-corrected chi connectivity index (χ0v) is 17.1. The van der Waals surface area contributed by atoms with Crippen molar-refractivity contribution in [1.82, 2.24) is 4.90 Å². The first kappa shape index (κ1) is 20.6. The highest BCUT2D eigenvalue weighted by Crippen LogP contribution is 2.30. The molecule has 148 valence electrons. The van der Waals surface area contributed by atoms with Crippen LogP contribution in [0.3, 0.4) is 0 Å². The van der Waals surface area contributed by atoms with Crippen LogP contribution in [0.5, 0.6) is 11.5 Å². The standard InChI is InChI=1S/C23H22N2O3S/c1-27-20-11-10-18(22(29)25-12-6-3-7-13-25)15-21(20)28-23(26)19(16-24)14-17-8-4-2-5-9-17/h2,4-5,8-11,14-15H,3,6-7,12-13H2,1H3/b19-14+. The molecule has 1 aliphatic heterocycles. The normalized spacial score (nSPS) is 14.1. The molecule has 3 rings (SSSR count). The van der Waals surface area contributed by atoms with Crippen molar-refractivity contribution >= 4 is 29.3 Å². The summed E-state index contributed by atoms with van der Waals surface area (Å²) >= 11 is 5.64. The lowest BCUT2D eigenvalue weighted by molar-refractivity contribution is -0.129. The molecule has 2 aromatic rings. The van der Waals surface area contributed by atoms with Gasteiger partial charge in [0.1, 0.15) is 16.6 Å². The molecule has 0 aliphatic carbocycles. The number of nitrogens with zero attached hydrogens (tertiary/aromatic N) is 2. The number of carbonyl (C=O) groups excluding carboxylic acids is 1. The van der Waals surface area contributed by atoms with Crippen LogP contribution in [-0.4, -0.2) is 36.1 Å². The lowest BCUT2D eigenvalue weighted by atomic mass is 10.1. The van der Waals surface area contributed by atoms with Crippen molar-refractivity contribution in [3.05, 3.63) is 65.2 Å². The number of hydrogen-bond donors (Lipinski definition) is 0. The van der Waals surface area contributed by atoms with E-state index in [1.165, 1.54) is 19.6 Å². The third-order valence-corrected chi connectivity index (χ3v) is 5.20. The van der Waals surface area contributed by atoms with Crippen LogP contribution in [0.15, 0.2) is 54.1 Å². The second kappa shape index (κ2) is 9.85. The van der Waals surface area contributed by atoms with Gasteiger partial charge < -0.3 is 14.4 Å². The number of rotatable bonds is 5.